The Morgan fingerprint density at radius 1 is 0.971 bits per heavy atom. The van der Waals surface area contributed by atoms with E-state index < -0.39 is 5.97 Å². The van der Waals surface area contributed by atoms with Crippen LogP contribution >= 0.6 is 11.6 Å². The first-order valence-corrected chi connectivity index (χ1v) is 13.8. The molecule has 0 aliphatic heterocycles. The van der Waals surface area contributed by atoms with Gasteiger partial charge < -0.3 is 9.30 Å². The monoisotopic (exact) mass is 490 g/mol. The van der Waals surface area contributed by atoms with Gasteiger partial charge in [-0.1, -0.05) is 91.7 Å². The van der Waals surface area contributed by atoms with Gasteiger partial charge in [-0.3, -0.25) is 0 Å². The highest BCUT2D eigenvalue weighted by molar-refractivity contribution is 6.38. The minimum absolute atomic E-state index is 0.322. The van der Waals surface area contributed by atoms with Gasteiger partial charge in [-0.15, -0.1) is 0 Å². The number of aryl methyl sites for hydroxylation is 1. The largest absolute Gasteiger partial charge is 0.462 e. The molecule has 2 rings (SSSR count). The number of hydrogen-bond acceptors (Lipinski definition) is 3. The Morgan fingerprint density at radius 2 is 1.53 bits per heavy atom. The third-order valence-electron chi connectivity index (χ3n) is 7.95. The number of rotatable bonds is 15. The number of carbonyl (C=O) groups excluding carboxylic acids is 1. The lowest BCUT2D eigenvalue weighted by molar-refractivity contribution is 0.0356. The van der Waals surface area contributed by atoms with Gasteiger partial charge in [-0.2, -0.15) is 0 Å². The zero-order valence-electron chi connectivity index (χ0n) is 22.6. The molecule has 0 saturated heterocycles. The smallest absolute Gasteiger partial charge is 0.341 e. The molecule has 0 fully saturated rings. The van der Waals surface area contributed by atoms with Crippen molar-refractivity contribution in [3.63, 3.8) is 0 Å². The standard InChI is InChI=1S/C29H47ClN2O2/c1-8-34-28(33)25-20-31-27-24(26(25)30)16-19-32(27)18-15-13-11-9-10-12-14-17-29(21(2)3,22(4)5)23(6)7/h16,19-23H,8-15,17-18H2,1-7H3. The molecule has 0 unspecified atom stereocenters. The molecule has 0 saturated carbocycles. The van der Waals surface area contributed by atoms with E-state index in [1.165, 1.54) is 51.1 Å². The molecule has 0 bridgehead atoms. The first kappa shape index (κ1) is 28.7. The molecule has 0 aliphatic carbocycles. The Hall–Kier alpha value is -1.55. The summed E-state index contributed by atoms with van der Waals surface area (Å²) in [5.74, 6) is 1.79. The first-order valence-electron chi connectivity index (χ1n) is 13.5. The van der Waals surface area contributed by atoms with Crippen molar-refractivity contribution >= 4 is 28.6 Å². The number of carbonyl (C=O) groups is 1. The number of nitrogens with zero attached hydrogens (tertiary/aromatic N) is 2. The molecule has 0 radical (unpaired) electrons. The van der Waals surface area contributed by atoms with Gasteiger partial charge in [0.1, 0.15) is 5.65 Å². The van der Waals surface area contributed by atoms with E-state index >= 15 is 0 Å². The van der Waals surface area contributed by atoms with Crippen molar-refractivity contribution in [1.82, 2.24) is 9.55 Å². The summed E-state index contributed by atoms with van der Waals surface area (Å²) in [4.78, 5) is 16.5. The zero-order chi connectivity index (χ0) is 25.3. The normalized spacial score (nSPS) is 12.4. The third-order valence-corrected chi connectivity index (χ3v) is 8.36. The molecular weight excluding hydrogens is 444 g/mol. The van der Waals surface area contributed by atoms with Crippen LogP contribution in [0.3, 0.4) is 0 Å². The third kappa shape index (κ3) is 6.77. The van der Waals surface area contributed by atoms with E-state index in [4.69, 9.17) is 16.3 Å². The van der Waals surface area contributed by atoms with Crippen LogP contribution in [0.1, 0.15) is 110 Å². The maximum Gasteiger partial charge on any atom is 0.341 e. The molecule has 0 aromatic carbocycles. The predicted octanol–water partition coefficient (Wildman–Crippen LogP) is 8.94. The minimum Gasteiger partial charge on any atom is -0.462 e. The highest BCUT2D eigenvalue weighted by Gasteiger charge is 2.39. The average molecular weight is 491 g/mol. The van der Waals surface area contributed by atoms with E-state index in [1.54, 1.807) is 6.92 Å². The van der Waals surface area contributed by atoms with Crippen molar-refractivity contribution in [3.05, 3.63) is 29.0 Å². The molecule has 0 amide bonds. The quantitative estimate of drug-likeness (QED) is 0.185. The Labute approximate surface area is 212 Å². The van der Waals surface area contributed by atoms with Crippen molar-refractivity contribution in [3.8, 4) is 0 Å². The Morgan fingerprint density at radius 3 is 2.09 bits per heavy atom. The zero-order valence-corrected chi connectivity index (χ0v) is 23.4. The second kappa shape index (κ2) is 13.5. The average Bonchev–Trinajstić information content (AvgIpc) is 3.18. The molecular formula is C29H47ClN2O2. The second-order valence-corrected chi connectivity index (χ2v) is 11.1. The van der Waals surface area contributed by atoms with Gasteiger partial charge in [0, 0.05) is 24.3 Å². The molecule has 0 atom stereocenters. The number of unbranched alkanes of at least 4 members (excludes halogenated alkanes) is 6. The topological polar surface area (TPSA) is 44.1 Å². The summed E-state index contributed by atoms with van der Waals surface area (Å²) in [6.45, 7) is 17.5. The number of esters is 1. The maximum absolute atomic E-state index is 12.0. The molecule has 2 heterocycles. The Balaban J connectivity index is 1.73. The predicted molar refractivity (Wildman–Crippen MR) is 145 cm³/mol. The number of pyridine rings is 1. The van der Waals surface area contributed by atoms with Crippen molar-refractivity contribution < 1.29 is 9.53 Å². The molecule has 2 aromatic heterocycles. The van der Waals surface area contributed by atoms with Crippen LogP contribution < -0.4 is 0 Å². The van der Waals surface area contributed by atoms with Gasteiger partial charge in [-0.25, -0.2) is 9.78 Å². The van der Waals surface area contributed by atoms with Gasteiger partial charge in [-0.05, 0) is 49.0 Å². The lowest BCUT2D eigenvalue weighted by atomic mass is 9.60. The van der Waals surface area contributed by atoms with Crippen LogP contribution in [-0.2, 0) is 11.3 Å². The second-order valence-electron chi connectivity index (χ2n) is 10.8. The summed E-state index contributed by atoms with van der Waals surface area (Å²) in [6, 6.07) is 1.94. The van der Waals surface area contributed by atoms with Crippen LogP contribution in [0.15, 0.2) is 18.5 Å². The number of hydrogen-bond donors (Lipinski definition) is 0. The molecule has 34 heavy (non-hydrogen) atoms. The SMILES string of the molecule is CCOC(=O)c1cnc2c(ccn2CCCCCCCCCC(C(C)C)(C(C)C)C(C)C)c1Cl. The Kier molecular flexibility index (Phi) is 11.4. The van der Waals surface area contributed by atoms with Crippen molar-refractivity contribution in [2.24, 2.45) is 23.2 Å². The van der Waals surface area contributed by atoms with Gasteiger partial charge in [0.25, 0.3) is 0 Å². The highest BCUT2D eigenvalue weighted by Crippen LogP contribution is 2.47. The number of halogens is 1. The molecule has 0 N–H and O–H groups in total. The number of fused-ring (bicyclic) bond motifs is 1. The molecule has 4 nitrogen and oxygen atoms in total. The summed E-state index contributed by atoms with van der Waals surface area (Å²) in [7, 11) is 0. The molecule has 192 valence electrons. The maximum atomic E-state index is 12.0. The van der Waals surface area contributed by atoms with Crippen LogP contribution in [0.25, 0.3) is 11.0 Å². The van der Waals surface area contributed by atoms with Crippen LogP contribution in [-0.4, -0.2) is 22.1 Å². The van der Waals surface area contributed by atoms with Gasteiger partial charge >= 0.3 is 5.97 Å². The summed E-state index contributed by atoms with van der Waals surface area (Å²) in [5.41, 5.74) is 1.64. The van der Waals surface area contributed by atoms with Crippen LogP contribution in [0.2, 0.25) is 5.02 Å². The van der Waals surface area contributed by atoms with Crippen LogP contribution in [0.4, 0.5) is 0 Å². The van der Waals surface area contributed by atoms with E-state index in [1.807, 2.05) is 12.3 Å². The summed E-state index contributed by atoms with van der Waals surface area (Å²) in [5, 5.41) is 1.24. The fourth-order valence-corrected chi connectivity index (χ4v) is 6.38. The van der Waals surface area contributed by atoms with Gasteiger partial charge in [0.2, 0.25) is 0 Å². The van der Waals surface area contributed by atoms with E-state index in [9.17, 15) is 4.79 Å². The van der Waals surface area contributed by atoms with E-state index in [0.29, 0.717) is 22.6 Å². The van der Waals surface area contributed by atoms with E-state index in [0.717, 1.165) is 41.8 Å². The molecule has 0 spiro atoms. The lowest BCUT2D eigenvalue weighted by Gasteiger charge is -2.45. The van der Waals surface area contributed by atoms with Crippen LogP contribution in [0, 0.1) is 23.2 Å². The Bertz CT molecular complexity index is 879. The summed E-state index contributed by atoms with van der Waals surface area (Å²) >= 11 is 6.46. The van der Waals surface area contributed by atoms with Crippen molar-refractivity contribution in [1.29, 1.82) is 0 Å². The summed E-state index contributed by atoms with van der Waals surface area (Å²) < 4.78 is 7.21. The number of ether oxygens (including phenoxy) is 1. The molecule has 2 aromatic rings. The van der Waals surface area contributed by atoms with Gasteiger partial charge in [0.15, 0.2) is 0 Å². The summed E-state index contributed by atoms with van der Waals surface area (Å²) in [6.07, 6.45) is 13.9. The minimum atomic E-state index is -0.419. The highest BCUT2D eigenvalue weighted by atomic mass is 35.5. The fraction of sp³-hybridized carbons (Fsp3) is 0.724. The van der Waals surface area contributed by atoms with E-state index in [2.05, 4.69) is 51.1 Å². The fourth-order valence-electron chi connectivity index (χ4n) is 6.10. The molecule has 0 aliphatic rings. The van der Waals surface area contributed by atoms with Gasteiger partial charge in [0.05, 0.1) is 17.2 Å². The van der Waals surface area contributed by atoms with E-state index in [-0.39, 0.29) is 0 Å². The first-order chi connectivity index (χ1) is 16.2. The van der Waals surface area contributed by atoms with Crippen molar-refractivity contribution in [2.75, 3.05) is 6.61 Å². The molecule has 5 heteroatoms. The van der Waals surface area contributed by atoms with Crippen molar-refractivity contribution in [2.45, 2.75) is 106 Å². The van der Waals surface area contributed by atoms with Crippen LogP contribution in [0.5, 0.6) is 0 Å². The lowest BCUT2D eigenvalue weighted by Crippen LogP contribution is -2.38. The number of aromatic nitrogens is 2.